The summed E-state index contributed by atoms with van der Waals surface area (Å²) in [7, 11) is 0.0762. The van der Waals surface area contributed by atoms with Gasteiger partial charge in [-0.15, -0.1) is 0 Å². The molecule has 3 saturated carbocycles. The minimum atomic E-state index is 0.0581. The first-order valence-electron chi connectivity index (χ1n) is 5.94. The van der Waals surface area contributed by atoms with Gasteiger partial charge in [0.05, 0.1) is 11.7 Å². The smallest absolute Gasteiger partial charge is 0.405 e. The van der Waals surface area contributed by atoms with Crippen molar-refractivity contribution in [3.05, 3.63) is 0 Å². The van der Waals surface area contributed by atoms with Gasteiger partial charge in [0.1, 0.15) is 0 Å². The van der Waals surface area contributed by atoms with Crippen LogP contribution in [0, 0.1) is 23.2 Å². The number of hydrogen-bond donors (Lipinski definition) is 0. The highest BCUT2D eigenvalue weighted by atomic mass is 16.7. The molecule has 4 rings (SSSR count). The van der Waals surface area contributed by atoms with E-state index in [1.807, 2.05) is 0 Å². The fourth-order valence-electron chi connectivity index (χ4n) is 4.45. The topological polar surface area (TPSA) is 18.5 Å². The summed E-state index contributed by atoms with van der Waals surface area (Å²) >= 11 is 0. The van der Waals surface area contributed by atoms with E-state index in [1.165, 1.54) is 6.42 Å². The largest absolute Gasteiger partial charge is 0.457 e. The van der Waals surface area contributed by atoms with E-state index in [9.17, 15) is 0 Å². The molecule has 3 heteroatoms. The summed E-state index contributed by atoms with van der Waals surface area (Å²) in [5.74, 6) is 2.80. The van der Waals surface area contributed by atoms with E-state index in [2.05, 4.69) is 20.8 Å². The van der Waals surface area contributed by atoms with E-state index >= 15 is 0 Å². The second kappa shape index (κ2) is 1.94. The Balaban J connectivity index is 1.66. The Kier molecular flexibility index (Phi) is 1.13. The monoisotopic (exact) mass is 192 g/mol. The second-order valence-electron chi connectivity index (χ2n) is 6.05. The number of fused-ring (bicyclic) bond motifs is 4. The molecule has 4 fully saturated rings. The highest BCUT2D eigenvalue weighted by Gasteiger charge is 2.90. The van der Waals surface area contributed by atoms with Crippen molar-refractivity contribution in [2.45, 2.75) is 45.2 Å². The average Bonchev–Trinajstić information content (AvgIpc) is 2.88. The van der Waals surface area contributed by atoms with Gasteiger partial charge < -0.3 is 9.31 Å². The molecule has 0 bridgehead atoms. The van der Waals surface area contributed by atoms with Crippen LogP contribution in [0.4, 0.5) is 0 Å². The Labute approximate surface area is 85.5 Å². The van der Waals surface area contributed by atoms with Gasteiger partial charge in [0.25, 0.3) is 0 Å². The summed E-state index contributed by atoms with van der Waals surface area (Å²) in [6.07, 6.45) is 2.64. The highest BCUT2D eigenvalue weighted by Crippen LogP contribution is 2.90. The highest BCUT2D eigenvalue weighted by molar-refractivity contribution is 6.45. The van der Waals surface area contributed by atoms with Crippen LogP contribution in [0.5, 0.6) is 0 Å². The summed E-state index contributed by atoms with van der Waals surface area (Å²) in [6, 6.07) is 0. The Hall–Kier alpha value is -0.0151. The van der Waals surface area contributed by atoms with Gasteiger partial charge in [-0.05, 0) is 42.8 Å². The molecule has 0 spiro atoms. The van der Waals surface area contributed by atoms with Gasteiger partial charge in [-0.3, -0.25) is 0 Å². The molecule has 0 N–H and O–H groups in total. The van der Waals surface area contributed by atoms with Crippen molar-refractivity contribution in [2.24, 2.45) is 23.2 Å². The van der Waals surface area contributed by atoms with Gasteiger partial charge in [-0.25, -0.2) is 0 Å². The first kappa shape index (κ1) is 8.17. The Morgan fingerprint density at radius 2 is 2.07 bits per heavy atom. The van der Waals surface area contributed by atoms with Crippen molar-refractivity contribution in [3.8, 4) is 0 Å². The van der Waals surface area contributed by atoms with E-state index in [0.29, 0.717) is 11.5 Å². The molecule has 0 aromatic carbocycles. The molecule has 14 heavy (non-hydrogen) atoms. The first-order valence-corrected chi connectivity index (χ1v) is 5.94. The molecule has 0 aromatic rings. The molecular weight excluding hydrogens is 175 g/mol. The molecule has 2 unspecified atom stereocenters. The summed E-state index contributed by atoms with van der Waals surface area (Å²) in [5, 5.41) is 0. The molecule has 2 nitrogen and oxygen atoms in total. The van der Waals surface area contributed by atoms with Crippen LogP contribution in [-0.4, -0.2) is 18.8 Å². The van der Waals surface area contributed by atoms with Crippen molar-refractivity contribution in [1.29, 1.82) is 0 Å². The Bertz CT molecular complexity index is 320. The van der Waals surface area contributed by atoms with E-state index in [0.717, 1.165) is 24.1 Å². The minimum Gasteiger partial charge on any atom is -0.405 e. The summed E-state index contributed by atoms with van der Waals surface area (Å²) in [5.41, 5.74) is 0.735. The lowest BCUT2D eigenvalue weighted by atomic mass is 9.72. The summed E-state index contributed by atoms with van der Waals surface area (Å²) in [6.45, 7) is 6.84. The van der Waals surface area contributed by atoms with Crippen LogP contribution in [0.25, 0.3) is 0 Å². The molecule has 0 aromatic heterocycles. The van der Waals surface area contributed by atoms with Crippen LogP contribution < -0.4 is 0 Å². The van der Waals surface area contributed by atoms with Gasteiger partial charge in [-0.1, -0.05) is 13.8 Å². The molecule has 76 valence electrons. The van der Waals surface area contributed by atoms with Crippen LogP contribution in [0.15, 0.2) is 0 Å². The zero-order valence-electron chi connectivity index (χ0n) is 9.12. The van der Waals surface area contributed by atoms with Crippen LogP contribution in [0.1, 0.15) is 27.2 Å². The normalized spacial score (nSPS) is 67.5. The molecule has 1 heterocycles. The predicted octanol–water partition coefficient (Wildman–Crippen LogP) is 1.95. The lowest BCUT2D eigenvalue weighted by molar-refractivity contribution is -0.0389. The Morgan fingerprint density at radius 3 is 2.71 bits per heavy atom. The van der Waals surface area contributed by atoms with E-state index in [4.69, 9.17) is 9.31 Å². The van der Waals surface area contributed by atoms with Gasteiger partial charge in [-0.2, -0.15) is 0 Å². The molecule has 0 radical (unpaired) electrons. The predicted molar refractivity (Wildman–Crippen MR) is 53.8 cm³/mol. The molecule has 6 atom stereocenters. The van der Waals surface area contributed by atoms with Crippen molar-refractivity contribution < 1.29 is 9.31 Å². The third-order valence-electron chi connectivity index (χ3n) is 5.42. The quantitative estimate of drug-likeness (QED) is 0.591. The fourth-order valence-corrected chi connectivity index (χ4v) is 4.45. The van der Waals surface area contributed by atoms with Gasteiger partial charge in [0.2, 0.25) is 0 Å². The van der Waals surface area contributed by atoms with Crippen LogP contribution >= 0.6 is 0 Å². The molecule has 1 aliphatic heterocycles. The van der Waals surface area contributed by atoms with Crippen molar-refractivity contribution in [1.82, 2.24) is 0 Å². The third kappa shape index (κ3) is 0.628. The second-order valence-corrected chi connectivity index (χ2v) is 6.05. The van der Waals surface area contributed by atoms with E-state index in [-0.39, 0.29) is 12.7 Å². The van der Waals surface area contributed by atoms with Crippen molar-refractivity contribution >= 4 is 7.12 Å². The Morgan fingerprint density at radius 1 is 1.36 bits per heavy atom. The number of hydrogen-bond acceptors (Lipinski definition) is 2. The molecule has 4 aliphatic rings. The van der Waals surface area contributed by atoms with E-state index in [1.54, 1.807) is 0 Å². The summed E-state index contributed by atoms with van der Waals surface area (Å²) < 4.78 is 12.1. The van der Waals surface area contributed by atoms with Crippen LogP contribution in [0.3, 0.4) is 0 Å². The average molecular weight is 192 g/mol. The van der Waals surface area contributed by atoms with Crippen LogP contribution in [-0.2, 0) is 9.31 Å². The maximum Gasteiger partial charge on any atom is 0.457 e. The SMILES string of the molecule is CCB1O[C@H]2C3C4[C@@H](C[C@@]2(C)O1)[C@]43C. The third-order valence-corrected chi connectivity index (χ3v) is 5.42. The first-order chi connectivity index (χ1) is 6.61. The number of rotatable bonds is 1. The standard InChI is InChI=1S/C11H17BO2/c1-4-12-13-9-8-7-6(11(7,8)3)5-10(9,2)14-12/h6-9H,4-5H2,1-3H3/t6-,7?,8?,9+,10-,11-/m1/s1. The maximum atomic E-state index is 6.04. The van der Waals surface area contributed by atoms with Crippen LogP contribution in [0.2, 0.25) is 6.32 Å². The zero-order chi connectivity index (χ0) is 9.72. The fraction of sp³-hybridized carbons (Fsp3) is 1.00. The van der Waals surface area contributed by atoms with Crippen molar-refractivity contribution in [3.63, 3.8) is 0 Å². The zero-order valence-corrected chi connectivity index (χ0v) is 9.12. The molecule has 3 aliphatic carbocycles. The molecule has 0 amide bonds. The van der Waals surface area contributed by atoms with Gasteiger partial charge in [0, 0.05) is 0 Å². The molecular formula is C11H17BO2. The van der Waals surface area contributed by atoms with Crippen molar-refractivity contribution in [2.75, 3.05) is 0 Å². The lowest BCUT2D eigenvalue weighted by Crippen LogP contribution is -2.48. The molecule has 1 saturated heterocycles. The summed E-state index contributed by atoms with van der Waals surface area (Å²) in [4.78, 5) is 0. The lowest BCUT2D eigenvalue weighted by Gasteiger charge is -2.41. The maximum absolute atomic E-state index is 6.04. The minimum absolute atomic E-state index is 0.0581. The van der Waals surface area contributed by atoms with Gasteiger partial charge >= 0.3 is 7.12 Å². The van der Waals surface area contributed by atoms with Gasteiger partial charge in [0.15, 0.2) is 0 Å². The van der Waals surface area contributed by atoms with E-state index < -0.39 is 0 Å².